The van der Waals surface area contributed by atoms with Crippen LogP contribution in [0.3, 0.4) is 0 Å². The van der Waals surface area contributed by atoms with Gasteiger partial charge in [0.1, 0.15) is 11.8 Å². The number of aliphatic hydroxyl groups excluding tert-OH is 1. The van der Waals surface area contributed by atoms with Crippen molar-refractivity contribution in [3.63, 3.8) is 0 Å². The minimum absolute atomic E-state index is 0.0871. The summed E-state index contributed by atoms with van der Waals surface area (Å²) in [6, 6.07) is 4.85. The third-order valence-electron chi connectivity index (χ3n) is 4.49. The average molecular weight is 336 g/mol. The molecule has 0 spiro atoms. The fourth-order valence-corrected chi connectivity index (χ4v) is 3.29. The van der Waals surface area contributed by atoms with Crippen LogP contribution < -0.4 is 21.1 Å². The number of ether oxygens (including phenoxy) is 2. The van der Waals surface area contributed by atoms with Gasteiger partial charge in [0.05, 0.1) is 31.6 Å². The molecule has 24 heavy (non-hydrogen) atoms. The molecule has 2 bridgehead atoms. The van der Waals surface area contributed by atoms with E-state index < -0.39 is 6.04 Å². The number of fused-ring (bicyclic) bond motifs is 2. The van der Waals surface area contributed by atoms with E-state index in [0.29, 0.717) is 37.6 Å². The number of hydrogen-bond acceptors (Lipinski definition) is 7. The predicted octanol–water partition coefficient (Wildman–Crippen LogP) is -0.987. The van der Waals surface area contributed by atoms with Crippen LogP contribution in [0.4, 0.5) is 11.4 Å². The van der Waals surface area contributed by atoms with E-state index in [-0.39, 0.29) is 24.7 Å². The molecule has 3 rings (SSSR count). The molecule has 2 fully saturated rings. The molecule has 132 valence electrons. The monoisotopic (exact) mass is 336 g/mol. The number of carbonyl (C=O) groups is 1. The Hall–Kier alpha value is -2.03. The molecule has 0 radical (unpaired) electrons. The number of rotatable bonds is 4. The number of nitrogens with zero attached hydrogens (tertiary/aromatic N) is 2. The number of benzene rings is 1. The van der Waals surface area contributed by atoms with Crippen molar-refractivity contribution in [2.24, 2.45) is 5.73 Å². The Labute approximate surface area is 140 Å². The van der Waals surface area contributed by atoms with Crippen LogP contribution in [0.5, 0.6) is 5.75 Å². The second-order valence-electron chi connectivity index (χ2n) is 6.24. The first-order chi connectivity index (χ1) is 11.5. The third kappa shape index (κ3) is 3.26. The van der Waals surface area contributed by atoms with Crippen LogP contribution in [0.25, 0.3) is 0 Å². The second kappa shape index (κ2) is 6.84. The van der Waals surface area contributed by atoms with Gasteiger partial charge in [0.15, 0.2) is 0 Å². The summed E-state index contributed by atoms with van der Waals surface area (Å²) in [6.07, 6.45) is -0.174. The maximum absolute atomic E-state index is 12.2. The molecule has 3 atom stereocenters. The topological polar surface area (TPSA) is 114 Å². The summed E-state index contributed by atoms with van der Waals surface area (Å²) in [4.78, 5) is 16.1. The average Bonchev–Trinajstić information content (AvgIpc) is 2.59. The SMILES string of the molecule is COc1cc(N2CC3CN(C(=O)[C@@H](N)CO)CC(C2)O3)ccc1N. The highest BCUT2D eigenvalue weighted by Gasteiger charge is 2.37. The van der Waals surface area contributed by atoms with Gasteiger partial charge >= 0.3 is 0 Å². The summed E-state index contributed by atoms with van der Waals surface area (Å²) in [5.74, 6) is 0.424. The Bertz CT molecular complexity index is 598. The zero-order valence-electron chi connectivity index (χ0n) is 13.7. The van der Waals surface area contributed by atoms with Crippen molar-refractivity contribution < 1.29 is 19.4 Å². The highest BCUT2D eigenvalue weighted by atomic mass is 16.5. The number of amides is 1. The Morgan fingerprint density at radius 3 is 2.62 bits per heavy atom. The fourth-order valence-electron chi connectivity index (χ4n) is 3.29. The molecule has 2 aliphatic heterocycles. The Morgan fingerprint density at radius 1 is 1.38 bits per heavy atom. The number of methoxy groups -OCH3 is 1. The van der Waals surface area contributed by atoms with Gasteiger partial charge in [0, 0.05) is 37.9 Å². The molecule has 1 aromatic rings. The quantitative estimate of drug-likeness (QED) is 0.605. The third-order valence-corrected chi connectivity index (χ3v) is 4.49. The van der Waals surface area contributed by atoms with Gasteiger partial charge in [0.25, 0.3) is 0 Å². The minimum Gasteiger partial charge on any atom is -0.495 e. The van der Waals surface area contributed by atoms with Crippen molar-refractivity contribution in [3.8, 4) is 5.75 Å². The first-order valence-corrected chi connectivity index (χ1v) is 8.01. The van der Waals surface area contributed by atoms with E-state index in [1.54, 1.807) is 12.0 Å². The summed E-state index contributed by atoms with van der Waals surface area (Å²) in [5, 5.41) is 9.07. The van der Waals surface area contributed by atoms with Crippen LogP contribution in [0, 0.1) is 0 Å². The molecule has 2 saturated heterocycles. The summed E-state index contributed by atoms with van der Waals surface area (Å²) >= 11 is 0. The van der Waals surface area contributed by atoms with E-state index in [1.165, 1.54) is 0 Å². The summed E-state index contributed by atoms with van der Waals surface area (Å²) in [6.45, 7) is 1.95. The molecule has 1 aromatic carbocycles. The predicted molar refractivity (Wildman–Crippen MR) is 89.9 cm³/mol. The number of anilines is 2. The van der Waals surface area contributed by atoms with Crippen LogP contribution in [0.1, 0.15) is 0 Å². The van der Waals surface area contributed by atoms with Crippen molar-refractivity contribution in [1.82, 2.24) is 4.90 Å². The standard InChI is InChI=1S/C16H24N4O4/c1-23-15-4-10(2-3-13(15)17)19-5-11-7-20(8-12(6-19)24-11)16(22)14(18)9-21/h2-4,11-12,14,21H,5-9,17-18H2,1H3/t11?,12?,14-/m0/s1. The highest BCUT2D eigenvalue weighted by Crippen LogP contribution is 2.30. The maximum atomic E-state index is 12.2. The molecule has 0 aromatic heterocycles. The van der Waals surface area contributed by atoms with Crippen LogP contribution in [-0.4, -0.2) is 74.1 Å². The molecule has 2 aliphatic rings. The normalized spacial score (nSPS) is 24.6. The molecule has 5 N–H and O–H groups in total. The largest absolute Gasteiger partial charge is 0.495 e. The lowest BCUT2D eigenvalue weighted by Gasteiger charge is -2.47. The van der Waals surface area contributed by atoms with Gasteiger partial charge in [-0.3, -0.25) is 4.79 Å². The van der Waals surface area contributed by atoms with Crippen molar-refractivity contribution >= 4 is 17.3 Å². The van der Waals surface area contributed by atoms with Crippen LogP contribution in [0.15, 0.2) is 18.2 Å². The van der Waals surface area contributed by atoms with Gasteiger partial charge < -0.3 is 35.8 Å². The summed E-state index contributed by atoms with van der Waals surface area (Å²) in [7, 11) is 1.59. The smallest absolute Gasteiger partial charge is 0.242 e. The van der Waals surface area contributed by atoms with Crippen molar-refractivity contribution in [1.29, 1.82) is 0 Å². The molecule has 8 nitrogen and oxygen atoms in total. The van der Waals surface area contributed by atoms with Crippen molar-refractivity contribution in [2.45, 2.75) is 18.2 Å². The van der Waals surface area contributed by atoms with E-state index in [4.69, 9.17) is 26.0 Å². The van der Waals surface area contributed by atoms with E-state index in [1.807, 2.05) is 18.2 Å². The number of nitrogen functional groups attached to an aromatic ring is 1. The van der Waals surface area contributed by atoms with Gasteiger partial charge in [-0.25, -0.2) is 0 Å². The second-order valence-corrected chi connectivity index (χ2v) is 6.24. The zero-order valence-corrected chi connectivity index (χ0v) is 13.7. The molecule has 0 aliphatic carbocycles. The fraction of sp³-hybridized carbons (Fsp3) is 0.562. The first kappa shape index (κ1) is 16.8. The summed E-state index contributed by atoms with van der Waals surface area (Å²) < 4.78 is 11.2. The van der Waals surface area contributed by atoms with Gasteiger partial charge in [-0.05, 0) is 12.1 Å². The molecule has 2 heterocycles. The molecule has 1 amide bonds. The molecular formula is C16H24N4O4. The van der Waals surface area contributed by atoms with Crippen molar-refractivity contribution in [3.05, 3.63) is 18.2 Å². The lowest BCUT2D eigenvalue weighted by Crippen LogP contribution is -2.62. The van der Waals surface area contributed by atoms with Gasteiger partial charge in [-0.15, -0.1) is 0 Å². The lowest BCUT2D eigenvalue weighted by atomic mass is 10.1. The molecule has 0 saturated carbocycles. The summed E-state index contributed by atoms with van der Waals surface area (Å²) in [5.41, 5.74) is 13.1. The van der Waals surface area contributed by atoms with E-state index >= 15 is 0 Å². The number of morpholine rings is 2. The molecule has 8 heteroatoms. The number of aliphatic hydroxyl groups is 1. The van der Waals surface area contributed by atoms with E-state index in [9.17, 15) is 4.79 Å². The van der Waals surface area contributed by atoms with E-state index in [0.717, 1.165) is 5.69 Å². The Kier molecular flexibility index (Phi) is 4.79. The van der Waals surface area contributed by atoms with Crippen LogP contribution in [0.2, 0.25) is 0 Å². The first-order valence-electron chi connectivity index (χ1n) is 8.01. The van der Waals surface area contributed by atoms with Gasteiger partial charge in [0.2, 0.25) is 5.91 Å². The minimum atomic E-state index is -0.860. The Morgan fingerprint density at radius 2 is 2.04 bits per heavy atom. The highest BCUT2D eigenvalue weighted by molar-refractivity contribution is 5.82. The lowest BCUT2D eigenvalue weighted by molar-refractivity contribution is -0.149. The number of carbonyl (C=O) groups excluding carboxylic acids is 1. The molecular weight excluding hydrogens is 312 g/mol. The number of hydrogen-bond donors (Lipinski definition) is 3. The van der Waals surface area contributed by atoms with E-state index in [2.05, 4.69) is 4.90 Å². The zero-order chi connectivity index (χ0) is 17.3. The molecule has 2 unspecified atom stereocenters. The van der Waals surface area contributed by atoms with Crippen molar-refractivity contribution in [2.75, 3.05) is 50.5 Å². The number of nitrogens with two attached hydrogens (primary N) is 2. The van der Waals surface area contributed by atoms with Gasteiger partial charge in [-0.2, -0.15) is 0 Å². The maximum Gasteiger partial charge on any atom is 0.242 e. The van der Waals surface area contributed by atoms with Crippen LogP contribution >= 0.6 is 0 Å². The van der Waals surface area contributed by atoms with Gasteiger partial charge in [-0.1, -0.05) is 0 Å². The Balaban J connectivity index is 1.70. The van der Waals surface area contributed by atoms with Crippen LogP contribution in [-0.2, 0) is 9.53 Å².